The number of ether oxygens (including phenoxy) is 1. The summed E-state index contributed by atoms with van der Waals surface area (Å²) < 4.78 is 19.6. The molecule has 1 fully saturated rings. The summed E-state index contributed by atoms with van der Waals surface area (Å²) in [6.07, 6.45) is 1.34. The van der Waals surface area contributed by atoms with E-state index in [1.165, 1.54) is 31.3 Å². The van der Waals surface area contributed by atoms with E-state index in [1.54, 1.807) is 30.3 Å². The maximum atomic E-state index is 14.7. The number of hydrogen-bond donors (Lipinski definition) is 0. The van der Waals surface area contributed by atoms with E-state index in [1.807, 2.05) is 0 Å². The Hall–Kier alpha value is -3.81. The maximum Gasteiger partial charge on any atom is 0.334 e. The van der Waals surface area contributed by atoms with Crippen molar-refractivity contribution in [1.82, 2.24) is 0 Å². The zero-order valence-corrected chi connectivity index (χ0v) is 16.7. The molecule has 7 nitrogen and oxygen atoms in total. The van der Waals surface area contributed by atoms with Gasteiger partial charge in [-0.1, -0.05) is 36.4 Å². The standard InChI is InChI=1S/C23H17FN2O5/c1-25-18-14(9-6-10-16(18)24)23(22(25)30)15(21(29)31-2)11-13-17(23)20(28)26(19(13)27)12-7-4-3-5-8-12/h3-11,13,17H,1-2H3/t13-,17+,23+/m0/s1. The maximum absolute atomic E-state index is 14.7. The summed E-state index contributed by atoms with van der Waals surface area (Å²) >= 11 is 0. The second kappa shape index (κ2) is 6.34. The third-order valence-corrected chi connectivity index (χ3v) is 6.40. The molecule has 0 radical (unpaired) electrons. The third-order valence-electron chi connectivity index (χ3n) is 6.40. The number of benzene rings is 2. The zero-order chi connectivity index (χ0) is 22.1. The lowest BCUT2D eigenvalue weighted by atomic mass is 9.67. The van der Waals surface area contributed by atoms with E-state index >= 15 is 0 Å². The molecule has 8 heteroatoms. The van der Waals surface area contributed by atoms with E-state index in [2.05, 4.69) is 0 Å². The fourth-order valence-corrected chi connectivity index (χ4v) is 5.18. The van der Waals surface area contributed by atoms with Crippen molar-refractivity contribution >= 4 is 35.1 Å². The first kappa shape index (κ1) is 19.2. The van der Waals surface area contributed by atoms with Gasteiger partial charge < -0.3 is 9.64 Å². The Kier molecular flexibility index (Phi) is 3.92. The van der Waals surface area contributed by atoms with Crippen LogP contribution in [-0.2, 0) is 29.3 Å². The van der Waals surface area contributed by atoms with Gasteiger partial charge in [0.2, 0.25) is 17.7 Å². The Labute approximate surface area is 176 Å². The first-order chi connectivity index (χ1) is 14.9. The van der Waals surface area contributed by atoms with E-state index in [0.717, 1.165) is 16.9 Å². The predicted molar refractivity (Wildman–Crippen MR) is 108 cm³/mol. The summed E-state index contributed by atoms with van der Waals surface area (Å²) in [5.74, 6) is -5.56. The molecule has 0 unspecified atom stereocenters. The van der Waals surface area contributed by atoms with Crippen LogP contribution in [0, 0.1) is 17.7 Å². The third kappa shape index (κ3) is 2.16. The quantitative estimate of drug-likeness (QED) is 0.548. The molecule has 3 aliphatic rings. The fraction of sp³-hybridized carbons (Fsp3) is 0.217. The average molecular weight is 420 g/mol. The van der Waals surface area contributed by atoms with Gasteiger partial charge in [-0.05, 0) is 23.8 Å². The molecule has 0 bridgehead atoms. The van der Waals surface area contributed by atoms with Crippen molar-refractivity contribution in [2.75, 3.05) is 24.0 Å². The normalized spacial score (nSPS) is 26.4. The van der Waals surface area contributed by atoms with Crippen molar-refractivity contribution in [3.8, 4) is 0 Å². The largest absolute Gasteiger partial charge is 0.466 e. The highest BCUT2D eigenvalue weighted by atomic mass is 19.1. The summed E-state index contributed by atoms with van der Waals surface area (Å²) in [4.78, 5) is 55.4. The average Bonchev–Trinajstić information content (AvgIpc) is 3.33. The fourth-order valence-electron chi connectivity index (χ4n) is 5.18. The Morgan fingerprint density at radius 3 is 2.42 bits per heavy atom. The number of hydrogen-bond acceptors (Lipinski definition) is 5. The van der Waals surface area contributed by atoms with Crippen LogP contribution in [0.3, 0.4) is 0 Å². The van der Waals surface area contributed by atoms with E-state index in [0.29, 0.717) is 5.69 Å². The number of halogens is 1. The number of para-hydroxylation sites is 2. The summed E-state index contributed by atoms with van der Waals surface area (Å²) in [6.45, 7) is 0. The number of methoxy groups -OCH3 is 1. The molecule has 2 aliphatic heterocycles. The minimum Gasteiger partial charge on any atom is -0.466 e. The number of rotatable bonds is 2. The molecule has 1 saturated heterocycles. The SMILES string of the molecule is COC(=O)C1=C[C@@H]2C(=O)N(c3ccccc3)C(=O)[C@@H]2[C@]12C(=O)N(C)c1c(F)cccc12. The number of carbonyl (C=O) groups excluding carboxylic acids is 4. The number of nitrogens with zero attached hydrogens (tertiary/aromatic N) is 2. The number of amides is 3. The van der Waals surface area contributed by atoms with Gasteiger partial charge >= 0.3 is 5.97 Å². The molecule has 1 spiro atoms. The van der Waals surface area contributed by atoms with Crippen LogP contribution in [-0.4, -0.2) is 37.8 Å². The van der Waals surface area contributed by atoms with Crippen LogP contribution in [0.15, 0.2) is 60.2 Å². The molecule has 2 aromatic carbocycles. The molecule has 3 atom stereocenters. The van der Waals surface area contributed by atoms with Gasteiger partial charge in [-0.15, -0.1) is 0 Å². The van der Waals surface area contributed by atoms with Gasteiger partial charge in [0.15, 0.2) is 0 Å². The smallest absolute Gasteiger partial charge is 0.334 e. The van der Waals surface area contributed by atoms with Crippen molar-refractivity contribution < 1.29 is 28.3 Å². The van der Waals surface area contributed by atoms with Crippen LogP contribution >= 0.6 is 0 Å². The molecule has 3 amide bonds. The molecule has 1 aliphatic carbocycles. The van der Waals surface area contributed by atoms with Gasteiger partial charge in [0.25, 0.3) is 0 Å². The summed E-state index contributed by atoms with van der Waals surface area (Å²) in [5, 5.41) is 0. The minimum atomic E-state index is -1.83. The molecule has 156 valence electrons. The first-order valence-electron chi connectivity index (χ1n) is 9.66. The highest BCUT2D eigenvalue weighted by molar-refractivity contribution is 6.29. The summed E-state index contributed by atoms with van der Waals surface area (Å²) in [5.41, 5.74) is -1.41. The van der Waals surface area contributed by atoms with E-state index in [-0.39, 0.29) is 16.8 Å². The Morgan fingerprint density at radius 1 is 1.03 bits per heavy atom. The molecular weight excluding hydrogens is 403 g/mol. The van der Waals surface area contributed by atoms with Gasteiger partial charge in [-0.3, -0.25) is 14.4 Å². The summed E-state index contributed by atoms with van der Waals surface area (Å²) in [7, 11) is 2.54. The second-order valence-electron chi connectivity index (χ2n) is 7.73. The molecular formula is C23H17FN2O5. The number of fused-ring (bicyclic) bond motifs is 4. The van der Waals surface area contributed by atoms with Crippen LogP contribution in [0.1, 0.15) is 5.56 Å². The minimum absolute atomic E-state index is 0.0126. The number of anilines is 2. The van der Waals surface area contributed by atoms with E-state index in [4.69, 9.17) is 4.74 Å². The molecule has 2 aromatic rings. The predicted octanol–water partition coefficient (Wildman–Crippen LogP) is 1.96. The Bertz CT molecular complexity index is 1210. The van der Waals surface area contributed by atoms with Crippen molar-refractivity contribution in [2.45, 2.75) is 5.41 Å². The summed E-state index contributed by atoms with van der Waals surface area (Å²) in [6, 6.07) is 12.5. The lowest BCUT2D eigenvalue weighted by molar-refractivity contribution is -0.139. The lowest BCUT2D eigenvalue weighted by Gasteiger charge is -2.31. The number of carbonyl (C=O) groups is 4. The van der Waals surface area contributed by atoms with Crippen molar-refractivity contribution in [1.29, 1.82) is 0 Å². The Balaban J connectivity index is 1.78. The highest BCUT2D eigenvalue weighted by Crippen LogP contribution is 2.59. The van der Waals surface area contributed by atoms with Gasteiger partial charge in [0.05, 0.1) is 35.9 Å². The van der Waals surface area contributed by atoms with Crippen molar-refractivity contribution in [2.24, 2.45) is 11.8 Å². The zero-order valence-electron chi connectivity index (χ0n) is 16.7. The van der Waals surface area contributed by atoms with Crippen LogP contribution in [0.2, 0.25) is 0 Å². The molecule has 0 aromatic heterocycles. The van der Waals surface area contributed by atoms with Gasteiger partial charge in [-0.2, -0.15) is 0 Å². The van der Waals surface area contributed by atoms with Crippen LogP contribution < -0.4 is 9.80 Å². The molecule has 5 rings (SSSR count). The number of likely N-dealkylation sites (N-methyl/N-ethyl adjacent to an activating group) is 1. The van der Waals surface area contributed by atoms with Gasteiger partial charge in [0.1, 0.15) is 11.2 Å². The van der Waals surface area contributed by atoms with E-state index in [9.17, 15) is 23.6 Å². The Morgan fingerprint density at radius 2 is 1.74 bits per heavy atom. The highest BCUT2D eigenvalue weighted by Gasteiger charge is 2.71. The molecule has 31 heavy (non-hydrogen) atoms. The lowest BCUT2D eigenvalue weighted by Crippen LogP contribution is -2.49. The van der Waals surface area contributed by atoms with Crippen LogP contribution in [0.5, 0.6) is 0 Å². The van der Waals surface area contributed by atoms with Crippen molar-refractivity contribution in [3.05, 3.63) is 71.6 Å². The van der Waals surface area contributed by atoms with Crippen LogP contribution in [0.4, 0.5) is 15.8 Å². The second-order valence-corrected chi connectivity index (χ2v) is 7.73. The molecule has 0 N–H and O–H groups in total. The van der Waals surface area contributed by atoms with E-state index < -0.39 is 46.8 Å². The number of esters is 1. The first-order valence-corrected chi connectivity index (χ1v) is 9.66. The van der Waals surface area contributed by atoms with Crippen molar-refractivity contribution in [3.63, 3.8) is 0 Å². The van der Waals surface area contributed by atoms with Gasteiger partial charge in [0, 0.05) is 7.05 Å². The molecule has 2 heterocycles. The topological polar surface area (TPSA) is 84.0 Å². The molecule has 0 saturated carbocycles. The van der Waals surface area contributed by atoms with Gasteiger partial charge in [-0.25, -0.2) is 14.1 Å². The van der Waals surface area contributed by atoms with Crippen LogP contribution in [0.25, 0.3) is 0 Å². The number of imide groups is 1. The monoisotopic (exact) mass is 420 g/mol.